The second-order valence-corrected chi connectivity index (χ2v) is 14.7. The Bertz CT molecular complexity index is 1470. The van der Waals surface area contributed by atoms with Gasteiger partial charge in [-0.2, -0.15) is 0 Å². The maximum Gasteiger partial charge on any atom is 0.265 e. The van der Waals surface area contributed by atoms with Crippen molar-refractivity contribution in [1.29, 1.82) is 0 Å². The molecule has 2 unspecified atom stereocenters. The highest BCUT2D eigenvalue weighted by molar-refractivity contribution is 8.13. The van der Waals surface area contributed by atoms with Crippen molar-refractivity contribution in [3.63, 3.8) is 0 Å². The van der Waals surface area contributed by atoms with E-state index in [0.29, 0.717) is 63.2 Å². The summed E-state index contributed by atoms with van der Waals surface area (Å²) in [5.41, 5.74) is 1.74. The first-order valence-electron chi connectivity index (χ1n) is 15.7. The largest absolute Gasteiger partial charge is 0.477 e. The lowest BCUT2D eigenvalue weighted by molar-refractivity contribution is 0.0984. The van der Waals surface area contributed by atoms with Crippen molar-refractivity contribution in [2.24, 2.45) is 33.6 Å². The highest BCUT2D eigenvalue weighted by Crippen LogP contribution is 2.93. The molecule has 2 aromatic heterocycles. The van der Waals surface area contributed by atoms with Gasteiger partial charge in [0.25, 0.3) is 5.91 Å². The summed E-state index contributed by atoms with van der Waals surface area (Å²) in [7, 11) is 0. The first-order valence-corrected chi connectivity index (χ1v) is 16.6. The van der Waals surface area contributed by atoms with E-state index < -0.39 is 0 Å². The van der Waals surface area contributed by atoms with E-state index in [1.54, 1.807) is 10.8 Å². The number of aromatic nitrogens is 3. The summed E-state index contributed by atoms with van der Waals surface area (Å²) in [6, 6.07) is 5.61. The molecule has 2 spiro atoms. The Hall–Kier alpha value is -3.27. The normalized spacial score (nSPS) is 28.2. The van der Waals surface area contributed by atoms with Crippen LogP contribution in [0.3, 0.4) is 0 Å². The van der Waals surface area contributed by atoms with E-state index in [9.17, 15) is 4.79 Å². The van der Waals surface area contributed by atoms with Crippen LogP contribution in [-0.2, 0) is 0 Å². The Kier molecular flexibility index (Phi) is 6.91. The standard InChI is InChI=1S/C33H43N7O2S/c1-6-28-35-22(3)34-16-9-21(2)23-19-31(4,5)39(20-23)29-24(30(41)38-43-28)7-8-26(36-29)40-17-10-27(37-40)42-18-11-25-32(12-13-32)33(25)14-15-33/h6-8,10,17,21,23,25,34H,1,3,9,11-16,18-20H2,2,4-5H3,(H,38,41)/b35-28+. The van der Waals surface area contributed by atoms with Crippen LogP contribution >= 0.6 is 11.9 Å². The summed E-state index contributed by atoms with van der Waals surface area (Å²) in [6.45, 7) is 17.0. The molecule has 0 radical (unpaired) electrons. The first kappa shape index (κ1) is 28.5. The van der Waals surface area contributed by atoms with Crippen LogP contribution in [0, 0.1) is 28.6 Å². The smallest absolute Gasteiger partial charge is 0.265 e. The summed E-state index contributed by atoms with van der Waals surface area (Å²) < 4.78 is 10.8. The van der Waals surface area contributed by atoms with Gasteiger partial charge in [-0.1, -0.05) is 20.1 Å². The topological polar surface area (TPSA) is 96.7 Å². The predicted octanol–water partition coefficient (Wildman–Crippen LogP) is 5.89. The van der Waals surface area contributed by atoms with Crippen molar-refractivity contribution >= 4 is 28.7 Å². The van der Waals surface area contributed by atoms with Gasteiger partial charge in [-0.15, -0.1) is 5.10 Å². The number of carbonyl (C=O) groups is 1. The quantitative estimate of drug-likeness (QED) is 0.399. The number of carbonyl (C=O) groups excluding carboxylic acids is 1. The minimum Gasteiger partial charge on any atom is -0.477 e. The zero-order chi connectivity index (χ0) is 30.0. The second-order valence-electron chi connectivity index (χ2n) is 13.9. The van der Waals surface area contributed by atoms with Crippen molar-refractivity contribution in [3.8, 4) is 11.7 Å². The van der Waals surface area contributed by atoms with Crippen LogP contribution in [0.15, 0.2) is 54.4 Å². The lowest BCUT2D eigenvalue weighted by Gasteiger charge is -2.34. The van der Waals surface area contributed by atoms with Crippen LogP contribution in [0.4, 0.5) is 5.82 Å². The molecular weight excluding hydrogens is 558 g/mol. The summed E-state index contributed by atoms with van der Waals surface area (Å²) in [6.07, 6.45) is 12.4. The first-order chi connectivity index (χ1) is 20.7. The zero-order valence-corrected chi connectivity index (χ0v) is 26.4. The van der Waals surface area contributed by atoms with E-state index in [2.05, 4.69) is 53.9 Å². The van der Waals surface area contributed by atoms with Crippen molar-refractivity contribution in [1.82, 2.24) is 24.8 Å². The molecule has 5 aliphatic rings. The van der Waals surface area contributed by atoms with Gasteiger partial charge in [0.05, 0.1) is 12.2 Å². The maximum absolute atomic E-state index is 13.6. The van der Waals surface area contributed by atoms with Gasteiger partial charge in [0.1, 0.15) is 16.7 Å². The minimum absolute atomic E-state index is 0.173. The number of nitrogens with one attached hydrogen (secondary N) is 2. The van der Waals surface area contributed by atoms with E-state index in [0.717, 1.165) is 50.2 Å². The van der Waals surface area contributed by atoms with Gasteiger partial charge in [-0.05, 0) is 106 Å². The van der Waals surface area contributed by atoms with Gasteiger partial charge in [-0.3, -0.25) is 9.52 Å². The molecule has 9 nitrogen and oxygen atoms in total. The van der Waals surface area contributed by atoms with Gasteiger partial charge in [-0.25, -0.2) is 14.7 Å². The summed E-state index contributed by atoms with van der Waals surface area (Å²) in [4.78, 5) is 25.5. The molecule has 1 saturated heterocycles. The Balaban J connectivity index is 1.13. The van der Waals surface area contributed by atoms with Crippen LogP contribution in [0.25, 0.3) is 5.82 Å². The molecule has 2 atom stereocenters. The summed E-state index contributed by atoms with van der Waals surface area (Å²) >= 11 is 1.12. The average Bonchev–Trinajstić information content (AvgIpc) is 3.93. The number of nitrogens with zero attached hydrogens (tertiary/aromatic N) is 5. The molecule has 228 valence electrons. The second kappa shape index (κ2) is 10.4. The number of amides is 1. The van der Waals surface area contributed by atoms with Crippen molar-refractivity contribution in [3.05, 3.63) is 55.0 Å². The number of fused-ring (bicyclic) bond motifs is 5. The lowest BCUT2D eigenvalue weighted by Crippen LogP contribution is -2.40. The number of ether oxygens (including phenoxy) is 1. The highest BCUT2D eigenvalue weighted by atomic mass is 32.2. The molecule has 4 heterocycles. The number of rotatable bonds is 6. The molecule has 4 fully saturated rings. The molecule has 43 heavy (non-hydrogen) atoms. The highest BCUT2D eigenvalue weighted by Gasteiger charge is 2.85. The minimum atomic E-state index is -0.235. The fraction of sp³-hybridized carbons (Fsp3) is 0.576. The van der Waals surface area contributed by atoms with Gasteiger partial charge in [0, 0.05) is 42.8 Å². The molecule has 10 heteroatoms. The average molecular weight is 602 g/mol. The molecular formula is C33H43N7O2S. The van der Waals surface area contributed by atoms with Gasteiger partial charge in [0.15, 0.2) is 5.82 Å². The zero-order valence-electron chi connectivity index (χ0n) is 25.6. The van der Waals surface area contributed by atoms with E-state index in [4.69, 9.17) is 14.8 Å². The number of hydrogen-bond acceptors (Lipinski definition) is 8. The Morgan fingerprint density at radius 2 is 1.95 bits per heavy atom. The van der Waals surface area contributed by atoms with E-state index in [1.165, 1.54) is 25.7 Å². The van der Waals surface area contributed by atoms with E-state index in [1.807, 2.05) is 24.4 Å². The number of hydrogen-bond donors (Lipinski definition) is 2. The van der Waals surface area contributed by atoms with Crippen molar-refractivity contribution in [2.75, 3.05) is 24.6 Å². The Morgan fingerprint density at radius 3 is 2.67 bits per heavy atom. The maximum atomic E-state index is 13.6. The molecule has 7 rings (SSSR count). The van der Waals surface area contributed by atoms with E-state index >= 15 is 0 Å². The molecule has 3 aliphatic carbocycles. The van der Waals surface area contributed by atoms with Gasteiger partial charge >= 0.3 is 0 Å². The Labute approximate surface area is 258 Å². The number of anilines is 1. The number of pyridine rings is 1. The monoisotopic (exact) mass is 601 g/mol. The molecule has 2 aromatic rings. The fourth-order valence-electron chi connectivity index (χ4n) is 8.27. The molecule has 2 N–H and O–H groups in total. The van der Waals surface area contributed by atoms with Crippen LogP contribution in [0.5, 0.6) is 5.88 Å². The van der Waals surface area contributed by atoms with Crippen LogP contribution in [0.1, 0.15) is 76.1 Å². The lowest BCUT2D eigenvalue weighted by atomic mass is 9.86. The van der Waals surface area contributed by atoms with Crippen LogP contribution in [-0.4, -0.2) is 51.0 Å². The Morgan fingerprint density at radius 1 is 1.19 bits per heavy atom. The SMILES string of the molecule is C=C/C1=N\C(=C)NCCC(C)C2CN(c3nc(-n4ccc(OCCC5C6(CC6)C56CC6)n4)ccc3C(=O)NS1)C(C)(C)C2. The van der Waals surface area contributed by atoms with Crippen molar-refractivity contribution < 1.29 is 9.53 Å². The van der Waals surface area contributed by atoms with Gasteiger partial charge < -0.3 is 15.0 Å². The molecule has 2 aliphatic heterocycles. The van der Waals surface area contributed by atoms with Crippen LogP contribution in [0.2, 0.25) is 0 Å². The third-order valence-corrected chi connectivity index (χ3v) is 11.7. The third-order valence-electron chi connectivity index (χ3n) is 10.9. The third kappa shape index (κ3) is 5.05. The molecule has 3 saturated carbocycles. The predicted molar refractivity (Wildman–Crippen MR) is 171 cm³/mol. The summed E-state index contributed by atoms with van der Waals surface area (Å²) in [5.74, 6) is 4.06. The number of aliphatic imine (C=N–C) groups is 1. The molecule has 1 amide bonds. The van der Waals surface area contributed by atoms with Gasteiger partial charge in [0.2, 0.25) is 5.88 Å². The van der Waals surface area contributed by atoms with Crippen molar-refractivity contribution in [2.45, 2.75) is 71.3 Å². The van der Waals surface area contributed by atoms with E-state index in [-0.39, 0.29) is 11.4 Å². The molecule has 2 bridgehead atoms. The van der Waals surface area contributed by atoms with Crippen LogP contribution < -0.4 is 19.7 Å². The molecule has 0 aromatic carbocycles. The summed E-state index contributed by atoms with van der Waals surface area (Å²) in [5, 5.41) is 8.59. The fourth-order valence-corrected chi connectivity index (χ4v) is 8.81.